The average molecular weight is 241 g/mol. The van der Waals surface area contributed by atoms with Crippen molar-refractivity contribution in [2.24, 2.45) is 7.05 Å². The molecular weight excluding hydrogens is 226 g/mol. The number of aromatic nitrogens is 2. The summed E-state index contributed by atoms with van der Waals surface area (Å²) < 4.78 is 1.77. The van der Waals surface area contributed by atoms with Crippen molar-refractivity contribution < 1.29 is 4.79 Å². The van der Waals surface area contributed by atoms with E-state index in [2.05, 4.69) is 16.4 Å². The van der Waals surface area contributed by atoms with E-state index in [1.54, 1.807) is 17.0 Å². The van der Waals surface area contributed by atoms with Crippen LogP contribution in [0.1, 0.15) is 27.3 Å². The lowest BCUT2D eigenvalue weighted by molar-refractivity contribution is 0.102. The van der Waals surface area contributed by atoms with E-state index in [9.17, 15) is 4.79 Å². The molecule has 0 saturated heterocycles. The molecule has 4 heteroatoms. The fraction of sp³-hybridized carbons (Fsp3) is 0.286. The maximum Gasteiger partial charge on any atom is 0.228 e. The number of rotatable bonds is 2. The summed E-state index contributed by atoms with van der Waals surface area (Å²) in [5.74, 6) is 0.517. The van der Waals surface area contributed by atoms with Gasteiger partial charge in [0, 0.05) is 31.5 Å². The Bertz CT molecular complexity index is 601. The van der Waals surface area contributed by atoms with E-state index in [0.29, 0.717) is 5.82 Å². The van der Waals surface area contributed by atoms with Gasteiger partial charge in [0.05, 0.1) is 0 Å². The number of ketones is 1. The first-order valence-electron chi connectivity index (χ1n) is 6.11. The number of hydrogen-bond donors (Lipinski definition) is 1. The Morgan fingerprint density at radius 2 is 2.33 bits per heavy atom. The Balaban J connectivity index is 2.07. The molecule has 0 amide bonds. The first kappa shape index (κ1) is 11.2. The number of nitrogens with one attached hydrogen (secondary N) is 1. The summed E-state index contributed by atoms with van der Waals surface area (Å²) >= 11 is 0. The molecule has 0 radical (unpaired) electrons. The minimum absolute atomic E-state index is 0.0150. The fourth-order valence-electron chi connectivity index (χ4n) is 2.45. The van der Waals surface area contributed by atoms with E-state index >= 15 is 0 Å². The molecule has 0 fully saturated rings. The number of aryl methyl sites for hydroxylation is 1. The van der Waals surface area contributed by atoms with E-state index in [-0.39, 0.29) is 5.78 Å². The summed E-state index contributed by atoms with van der Waals surface area (Å²) in [7, 11) is 1.84. The second kappa shape index (κ2) is 4.38. The Labute approximate surface area is 106 Å². The second-order valence-corrected chi connectivity index (χ2v) is 4.56. The molecule has 1 aliphatic rings. The lowest BCUT2D eigenvalue weighted by Crippen LogP contribution is -2.26. The van der Waals surface area contributed by atoms with Crippen LogP contribution in [0.25, 0.3) is 0 Å². The smallest absolute Gasteiger partial charge is 0.228 e. The van der Waals surface area contributed by atoms with E-state index in [1.165, 1.54) is 11.1 Å². The number of hydrogen-bond acceptors (Lipinski definition) is 3. The third kappa shape index (κ3) is 1.75. The van der Waals surface area contributed by atoms with E-state index < -0.39 is 0 Å². The van der Waals surface area contributed by atoms with Crippen molar-refractivity contribution in [1.29, 1.82) is 0 Å². The molecule has 1 N–H and O–H groups in total. The zero-order valence-corrected chi connectivity index (χ0v) is 10.3. The zero-order valence-electron chi connectivity index (χ0n) is 10.3. The SMILES string of the molecule is Cn1ccnc1C(=O)c1cccc2c1CCNC2. The predicted octanol–water partition coefficient (Wildman–Crippen LogP) is 1.30. The van der Waals surface area contributed by atoms with Crippen molar-refractivity contribution in [3.63, 3.8) is 0 Å². The summed E-state index contributed by atoms with van der Waals surface area (Å²) in [6.45, 7) is 1.77. The molecule has 0 spiro atoms. The normalized spacial score (nSPS) is 14.3. The monoisotopic (exact) mass is 241 g/mol. The molecule has 0 aliphatic carbocycles. The third-order valence-corrected chi connectivity index (χ3v) is 3.41. The van der Waals surface area contributed by atoms with Gasteiger partial charge in [-0.3, -0.25) is 4.79 Å². The van der Waals surface area contributed by atoms with Crippen LogP contribution >= 0.6 is 0 Å². The number of imidazole rings is 1. The maximum absolute atomic E-state index is 12.5. The topological polar surface area (TPSA) is 46.9 Å². The van der Waals surface area contributed by atoms with Crippen molar-refractivity contribution >= 4 is 5.78 Å². The van der Waals surface area contributed by atoms with Gasteiger partial charge in [-0.2, -0.15) is 0 Å². The van der Waals surface area contributed by atoms with Crippen LogP contribution in [0, 0.1) is 0 Å². The van der Waals surface area contributed by atoms with Gasteiger partial charge >= 0.3 is 0 Å². The van der Waals surface area contributed by atoms with Gasteiger partial charge in [-0.1, -0.05) is 18.2 Å². The largest absolute Gasteiger partial charge is 0.331 e. The lowest BCUT2D eigenvalue weighted by Gasteiger charge is -2.19. The zero-order chi connectivity index (χ0) is 12.5. The van der Waals surface area contributed by atoms with Gasteiger partial charge in [0.15, 0.2) is 5.82 Å². The highest BCUT2D eigenvalue weighted by molar-refractivity contribution is 6.07. The van der Waals surface area contributed by atoms with Crippen LogP contribution in [0.2, 0.25) is 0 Å². The van der Waals surface area contributed by atoms with Crippen molar-refractivity contribution in [2.75, 3.05) is 6.54 Å². The summed E-state index contributed by atoms with van der Waals surface area (Å²) in [4.78, 5) is 16.6. The van der Waals surface area contributed by atoms with Gasteiger partial charge < -0.3 is 9.88 Å². The second-order valence-electron chi connectivity index (χ2n) is 4.56. The highest BCUT2D eigenvalue weighted by atomic mass is 16.1. The van der Waals surface area contributed by atoms with Crippen molar-refractivity contribution in [3.05, 3.63) is 53.1 Å². The first-order valence-corrected chi connectivity index (χ1v) is 6.11. The molecule has 1 aromatic heterocycles. The molecule has 2 heterocycles. The van der Waals surface area contributed by atoms with Gasteiger partial charge in [-0.25, -0.2) is 4.98 Å². The summed E-state index contributed by atoms with van der Waals surface area (Å²) in [5, 5.41) is 3.32. The average Bonchev–Trinajstić information content (AvgIpc) is 2.83. The molecule has 1 aliphatic heterocycles. The number of carbonyl (C=O) groups is 1. The molecule has 0 saturated carbocycles. The van der Waals surface area contributed by atoms with Gasteiger partial charge in [-0.15, -0.1) is 0 Å². The van der Waals surface area contributed by atoms with Crippen LogP contribution in [0.3, 0.4) is 0 Å². The lowest BCUT2D eigenvalue weighted by atomic mass is 9.93. The molecule has 2 aromatic rings. The van der Waals surface area contributed by atoms with Crippen LogP contribution in [0.15, 0.2) is 30.6 Å². The Morgan fingerprint density at radius 1 is 1.44 bits per heavy atom. The van der Waals surface area contributed by atoms with Crippen LogP contribution in [-0.2, 0) is 20.0 Å². The number of benzene rings is 1. The van der Waals surface area contributed by atoms with Crippen LogP contribution in [0.5, 0.6) is 0 Å². The standard InChI is InChI=1S/C14H15N3O/c1-17-8-7-16-14(17)13(18)12-4-2-3-10-9-15-6-5-11(10)12/h2-4,7-8,15H,5-6,9H2,1H3. The van der Waals surface area contributed by atoms with Crippen LogP contribution < -0.4 is 5.32 Å². The maximum atomic E-state index is 12.5. The third-order valence-electron chi connectivity index (χ3n) is 3.41. The van der Waals surface area contributed by atoms with Crippen LogP contribution in [0.4, 0.5) is 0 Å². The highest BCUT2D eigenvalue weighted by Gasteiger charge is 2.20. The molecule has 92 valence electrons. The summed E-state index contributed by atoms with van der Waals surface area (Å²) in [6, 6.07) is 5.93. The van der Waals surface area contributed by atoms with E-state index in [0.717, 1.165) is 25.1 Å². The molecule has 0 unspecified atom stereocenters. The quantitative estimate of drug-likeness (QED) is 0.806. The highest BCUT2D eigenvalue weighted by Crippen LogP contribution is 2.20. The minimum Gasteiger partial charge on any atom is -0.331 e. The Kier molecular flexibility index (Phi) is 2.72. The molecule has 4 nitrogen and oxygen atoms in total. The number of fused-ring (bicyclic) bond motifs is 1. The first-order chi connectivity index (χ1) is 8.77. The van der Waals surface area contributed by atoms with Crippen molar-refractivity contribution in [3.8, 4) is 0 Å². The summed E-state index contributed by atoms with van der Waals surface area (Å²) in [5.41, 5.74) is 3.19. The molecule has 18 heavy (non-hydrogen) atoms. The minimum atomic E-state index is 0.0150. The van der Waals surface area contributed by atoms with Gasteiger partial charge in [-0.05, 0) is 24.1 Å². The van der Waals surface area contributed by atoms with E-state index in [4.69, 9.17) is 0 Å². The van der Waals surface area contributed by atoms with Crippen molar-refractivity contribution in [2.45, 2.75) is 13.0 Å². The molecule has 1 aromatic carbocycles. The molecule has 3 rings (SSSR count). The fourth-order valence-corrected chi connectivity index (χ4v) is 2.45. The number of nitrogens with zero attached hydrogens (tertiary/aromatic N) is 2. The van der Waals surface area contributed by atoms with Gasteiger partial charge in [0.2, 0.25) is 5.78 Å². The molecule has 0 atom stereocenters. The van der Waals surface area contributed by atoms with Crippen LogP contribution in [-0.4, -0.2) is 21.9 Å². The Hall–Kier alpha value is -1.94. The van der Waals surface area contributed by atoms with E-state index in [1.807, 2.05) is 19.2 Å². The van der Waals surface area contributed by atoms with Gasteiger partial charge in [0.1, 0.15) is 0 Å². The number of carbonyl (C=O) groups excluding carboxylic acids is 1. The van der Waals surface area contributed by atoms with Gasteiger partial charge in [0.25, 0.3) is 0 Å². The molecular formula is C14H15N3O. The molecule has 0 bridgehead atoms. The van der Waals surface area contributed by atoms with Crippen molar-refractivity contribution in [1.82, 2.24) is 14.9 Å². The summed E-state index contributed by atoms with van der Waals surface area (Å²) in [6.07, 6.45) is 4.36. The Morgan fingerprint density at radius 3 is 3.11 bits per heavy atom. The predicted molar refractivity (Wildman–Crippen MR) is 68.5 cm³/mol.